The van der Waals surface area contributed by atoms with Gasteiger partial charge < -0.3 is 9.64 Å². The third-order valence-electron chi connectivity index (χ3n) is 8.69. The van der Waals surface area contributed by atoms with Crippen molar-refractivity contribution in [3.05, 3.63) is 98.5 Å². The lowest BCUT2D eigenvalue weighted by molar-refractivity contribution is 0.0530. The summed E-state index contributed by atoms with van der Waals surface area (Å²) in [7, 11) is 0. The van der Waals surface area contributed by atoms with Crippen molar-refractivity contribution >= 4 is 40.3 Å². The highest BCUT2D eigenvalue weighted by molar-refractivity contribution is 6.36. The average Bonchev–Trinajstić information content (AvgIpc) is 3.33. The lowest BCUT2D eigenvalue weighted by Gasteiger charge is -2.37. The zero-order valence-corrected chi connectivity index (χ0v) is 25.6. The van der Waals surface area contributed by atoms with E-state index in [0.717, 1.165) is 92.0 Å². The first-order chi connectivity index (χ1) is 20.4. The van der Waals surface area contributed by atoms with Crippen LogP contribution in [0.5, 0.6) is 5.75 Å². The van der Waals surface area contributed by atoms with Crippen LogP contribution in [0.15, 0.2) is 60.7 Å². The van der Waals surface area contributed by atoms with Gasteiger partial charge in [0.2, 0.25) is 0 Å². The van der Waals surface area contributed by atoms with Crippen molar-refractivity contribution in [1.82, 2.24) is 9.80 Å². The zero-order chi connectivity index (χ0) is 29.2. The van der Waals surface area contributed by atoms with E-state index in [4.69, 9.17) is 27.9 Å². The number of rotatable bonds is 8. The standard InChI is InChI=1S/C35H37Cl2FN2O2/c1-23-20-40(21-23)35(41)26-8-12-30-25(18-26)4-2-5-32(31-13-9-27(36)19-33(31)37)34(30)24-6-10-28(11-7-24)42-29-14-17-39(22-29)16-3-15-38/h6-13,18-19,23,29H,2-5,14-17,20-22H2,1H3/t29-/m0/s1. The van der Waals surface area contributed by atoms with Crippen molar-refractivity contribution < 1.29 is 13.9 Å². The molecule has 0 aromatic heterocycles. The molecule has 220 valence electrons. The Kier molecular flexibility index (Phi) is 8.90. The number of benzene rings is 3. The molecule has 0 saturated carbocycles. The summed E-state index contributed by atoms with van der Waals surface area (Å²) in [5.74, 6) is 1.52. The molecule has 3 aromatic carbocycles. The number of hydrogen-bond donors (Lipinski definition) is 0. The van der Waals surface area contributed by atoms with E-state index in [1.807, 2.05) is 35.2 Å². The smallest absolute Gasteiger partial charge is 0.253 e. The van der Waals surface area contributed by atoms with Crippen LogP contribution in [0.25, 0.3) is 11.1 Å². The van der Waals surface area contributed by atoms with Crippen LogP contribution in [0.1, 0.15) is 65.2 Å². The number of hydrogen-bond acceptors (Lipinski definition) is 3. The summed E-state index contributed by atoms with van der Waals surface area (Å²) >= 11 is 13.1. The summed E-state index contributed by atoms with van der Waals surface area (Å²) in [5.41, 5.74) is 7.46. The van der Waals surface area contributed by atoms with E-state index in [-0.39, 0.29) is 18.7 Å². The first-order valence-electron chi connectivity index (χ1n) is 15.1. The van der Waals surface area contributed by atoms with Crippen LogP contribution in [0.2, 0.25) is 10.0 Å². The predicted molar refractivity (Wildman–Crippen MR) is 169 cm³/mol. The summed E-state index contributed by atoms with van der Waals surface area (Å²) in [6, 6.07) is 20.2. The van der Waals surface area contributed by atoms with E-state index in [1.165, 1.54) is 11.1 Å². The van der Waals surface area contributed by atoms with Gasteiger partial charge in [-0.3, -0.25) is 14.1 Å². The van der Waals surface area contributed by atoms with Crippen molar-refractivity contribution in [3.8, 4) is 5.75 Å². The molecule has 7 heteroatoms. The number of aryl methyl sites for hydroxylation is 1. The van der Waals surface area contributed by atoms with Crippen molar-refractivity contribution in [2.24, 2.45) is 5.92 Å². The van der Waals surface area contributed by atoms with Crippen LogP contribution in [-0.4, -0.2) is 61.2 Å². The van der Waals surface area contributed by atoms with Crippen molar-refractivity contribution in [2.75, 3.05) is 39.4 Å². The van der Waals surface area contributed by atoms with Gasteiger partial charge in [0.15, 0.2) is 0 Å². The first-order valence-corrected chi connectivity index (χ1v) is 15.8. The highest BCUT2D eigenvalue weighted by Gasteiger charge is 2.29. The van der Waals surface area contributed by atoms with Crippen molar-refractivity contribution in [2.45, 2.75) is 45.1 Å². The normalized spacial score (nSPS) is 19.4. The molecule has 2 aliphatic heterocycles. The Bertz CT molecular complexity index is 1480. The van der Waals surface area contributed by atoms with Crippen LogP contribution < -0.4 is 4.74 Å². The van der Waals surface area contributed by atoms with Gasteiger partial charge in [-0.2, -0.15) is 0 Å². The van der Waals surface area contributed by atoms with E-state index in [2.05, 4.69) is 36.1 Å². The highest BCUT2D eigenvalue weighted by Crippen LogP contribution is 2.43. The first kappa shape index (κ1) is 29.2. The molecule has 2 fully saturated rings. The molecule has 0 unspecified atom stereocenters. The molecule has 3 aliphatic rings. The quantitative estimate of drug-likeness (QED) is 0.259. The molecule has 42 heavy (non-hydrogen) atoms. The van der Waals surface area contributed by atoms with Crippen LogP contribution in [0, 0.1) is 5.92 Å². The maximum absolute atomic E-state index is 13.2. The second kappa shape index (κ2) is 12.8. The van der Waals surface area contributed by atoms with Gasteiger partial charge in [0, 0.05) is 48.3 Å². The zero-order valence-electron chi connectivity index (χ0n) is 24.1. The average molecular weight is 608 g/mol. The molecule has 0 bridgehead atoms. The number of allylic oxidation sites excluding steroid dienone is 1. The number of alkyl halides is 1. The Morgan fingerprint density at radius 1 is 0.976 bits per heavy atom. The van der Waals surface area contributed by atoms with Crippen LogP contribution >= 0.6 is 23.2 Å². The lowest BCUT2D eigenvalue weighted by Crippen LogP contribution is -2.48. The van der Waals surface area contributed by atoms with Gasteiger partial charge in [-0.05, 0) is 108 Å². The largest absolute Gasteiger partial charge is 0.489 e. The molecular weight excluding hydrogens is 570 g/mol. The number of fused-ring (bicyclic) bond motifs is 1. The SMILES string of the molecule is CC1CN(C(=O)c2ccc3c(c2)CCCC(c2ccc(Cl)cc2Cl)=C3c2ccc(O[C@H]3CCN(CCCF)C3)cc2)C1. The van der Waals surface area contributed by atoms with Gasteiger partial charge in [0.1, 0.15) is 11.9 Å². The molecule has 0 N–H and O–H groups in total. The summed E-state index contributed by atoms with van der Waals surface area (Å²) in [6.07, 6.45) is 4.32. The lowest BCUT2D eigenvalue weighted by atomic mass is 9.87. The number of ether oxygens (including phenoxy) is 1. The summed E-state index contributed by atoms with van der Waals surface area (Å²) in [6.45, 7) is 6.10. The number of carbonyl (C=O) groups is 1. The van der Waals surface area contributed by atoms with Gasteiger partial charge in [0.25, 0.3) is 5.91 Å². The molecule has 6 rings (SSSR count). The van der Waals surface area contributed by atoms with Crippen LogP contribution in [-0.2, 0) is 6.42 Å². The van der Waals surface area contributed by atoms with Gasteiger partial charge in [-0.15, -0.1) is 0 Å². The van der Waals surface area contributed by atoms with Crippen molar-refractivity contribution in [3.63, 3.8) is 0 Å². The Morgan fingerprint density at radius 2 is 1.76 bits per heavy atom. The van der Waals surface area contributed by atoms with Gasteiger partial charge in [0.05, 0.1) is 6.67 Å². The Morgan fingerprint density at radius 3 is 2.50 bits per heavy atom. The third-order valence-corrected chi connectivity index (χ3v) is 9.23. The summed E-state index contributed by atoms with van der Waals surface area (Å²) in [4.78, 5) is 17.4. The topological polar surface area (TPSA) is 32.8 Å². The van der Waals surface area contributed by atoms with Crippen LogP contribution in [0.3, 0.4) is 0 Å². The molecule has 2 heterocycles. The predicted octanol–water partition coefficient (Wildman–Crippen LogP) is 8.19. The van der Waals surface area contributed by atoms with E-state index in [1.54, 1.807) is 6.07 Å². The van der Waals surface area contributed by atoms with Crippen molar-refractivity contribution in [1.29, 1.82) is 0 Å². The molecular formula is C35H37Cl2FN2O2. The molecule has 1 amide bonds. The fraction of sp³-hybridized carbons (Fsp3) is 0.400. The van der Waals surface area contributed by atoms with E-state index in [0.29, 0.717) is 22.4 Å². The monoisotopic (exact) mass is 606 g/mol. The molecule has 3 aromatic rings. The highest BCUT2D eigenvalue weighted by atomic mass is 35.5. The minimum atomic E-state index is -0.277. The van der Waals surface area contributed by atoms with Crippen LogP contribution in [0.4, 0.5) is 4.39 Å². The minimum absolute atomic E-state index is 0.113. The second-order valence-electron chi connectivity index (χ2n) is 11.9. The fourth-order valence-corrected chi connectivity index (χ4v) is 7.10. The van der Waals surface area contributed by atoms with Gasteiger partial charge >= 0.3 is 0 Å². The number of amides is 1. The van der Waals surface area contributed by atoms with E-state index < -0.39 is 0 Å². The summed E-state index contributed by atoms with van der Waals surface area (Å²) < 4.78 is 18.9. The molecule has 0 spiro atoms. The number of nitrogens with zero attached hydrogens (tertiary/aromatic N) is 2. The van der Waals surface area contributed by atoms with Gasteiger partial charge in [-0.1, -0.05) is 54.4 Å². The maximum Gasteiger partial charge on any atom is 0.253 e. The van der Waals surface area contributed by atoms with E-state index in [9.17, 15) is 9.18 Å². The number of carbonyl (C=O) groups excluding carboxylic acids is 1. The second-order valence-corrected chi connectivity index (χ2v) is 12.8. The minimum Gasteiger partial charge on any atom is -0.489 e. The molecule has 4 nitrogen and oxygen atoms in total. The maximum atomic E-state index is 13.2. The van der Waals surface area contributed by atoms with E-state index >= 15 is 0 Å². The Balaban J connectivity index is 1.34. The Hall–Kier alpha value is -2.86. The van der Waals surface area contributed by atoms with Gasteiger partial charge in [-0.25, -0.2) is 0 Å². The molecule has 1 atom stereocenters. The number of likely N-dealkylation sites (tertiary alicyclic amines) is 2. The fourth-order valence-electron chi connectivity index (χ4n) is 6.57. The molecule has 0 radical (unpaired) electrons. The summed E-state index contributed by atoms with van der Waals surface area (Å²) in [5, 5.41) is 1.25. The Labute approximate surface area is 258 Å². The third kappa shape index (κ3) is 6.24. The number of halogens is 3. The molecule has 2 saturated heterocycles. The molecule has 1 aliphatic carbocycles.